The van der Waals surface area contributed by atoms with Crippen LogP contribution in [0.5, 0.6) is 0 Å². The van der Waals surface area contributed by atoms with E-state index in [4.69, 9.17) is 23.2 Å². The van der Waals surface area contributed by atoms with Crippen molar-refractivity contribution in [3.63, 3.8) is 0 Å². The number of hydrogen-bond donors (Lipinski definition) is 2. The van der Waals surface area contributed by atoms with Crippen molar-refractivity contribution in [1.82, 2.24) is 10.3 Å². The second-order valence-electron chi connectivity index (χ2n) is 6.76. The first-order valence-corrected chi connectivity index (χ1v) is 9.51. The van der Waals surface area contributed by atoms with Gasteiger partial charge in [0.15, 0.2) is 0 Å². The molecule has 6 nitrogen and oxygen atoms in total. The van der Waals surface area contributed by atoms with E-state index in [1.165, 1.54) is 0 Å². The maximum atomic E-state index is 12.5. The molecule has 2 atom stereocenters. The van der Waals surface area contributed by atoms with Crippen LogP contribution in [0.15, 0.2) is 36.5 Å². The molecule has 4 rings (SSSR count). The third-order valence-corrected chi connectivity index (χ3v) is 5.72. The smallest absolute Gasteiger partial charge is 0.239 e. The standard InChI is InChI=1S/C19H18Cl2N4O2/c20-15-3-1-2-12(18(15)21)13-8-14(13)19(27)24-11-4-5-16(23-9-11)25-7-6-22-17(26)10-25/h1-5,9,13-14H,6-8,10H2,(H,22,26)(H,24,27)/t13-,14-/m1/s1. The van der Waals surface area contributed by atoms with Gasteiger partial charge in [-0.25, -0.2) is 4.98 Å². The first-order chi connectivity index (χ1) is 13.0. The summed E-state index contributed by atoms with van der Waals surface area (Å²) in [5.74, 6) is 0.627. The fourth-order valence-corrected chi connectivity index (χ4v) is 3.80. The number of anilines is 2. The van der Waals surface area contributed by atoms with Crippen LogP contribution >= 0.6 is 23.2 Å². The highest BCUT2D eigenvalue weighted by molar-refractivity contribution is 6.42. The number of rotatable bonds is 4. The Bertz CT molecular complexity index is 888. The fourth-order valence-electron chi connectivity index (χ4n) is 3.35. The zero-order valence-corrected chi connectivity index (χ0v) is 15.9. The first kappa shape index (κ1) is 18.1. The van der Waals surface area contributed by atoms with Crippen LogP contribution in [0.3, 0.4) is 0 Å². The number of nitrogens with one attached hydrogen (secondary N) is 2. The van der Waals surface area contributed by atoms with Crippen molar-refractivity contribution in [1.29, 1.82) is 0 Å². The predicted molar refractivity (Wildman–Crippen MR) is 105 cm³/mol. The van der Waals surface area contributed by atoms with Gasteiger partial charge in [-0.1, -0.05) is 35.3 Å². The van der Waals surface area contributed by atoms with Gasteiger partial charge in [-0.05, 0) is 36.1 Å². The molecule has 0 unspecified atom stereocenters. The monoisotopic (exact) mass is 404 g/mol. The zero-order chi connectivity index (χ0) is 19.0. The van der Waals surface area contributed by atoms with Gasteiger partial charge in [0.1, 0.15) is 5.82 Å². The van der Waals surface area contributed by atoms with Crippen molar-refractivity contribution >= 4 is 46.5 Å². The molecule has 2 N–H and O–H groups in total. The van der Waals surface area contributed by atoms with Crippen LogP contribution in [-0.2, 0) is 9.59 Å². The molecule has 2 fully saturated rings. The molecule has 0 spiro atoms. The van der Waals surface area contributed by atoms with Crippen LogP contribution in [0, 0.1) is 5.92 Å². The molecule has 2 heterocycles. The van der Waals surface area contributed by atoms with Gasteiger partial charge in [-0.2, -0.15) is 0 Å². The van der Waals surface area contributed by atoms with Gasteiger partial charge in [0.2, 0.25) is 11.8 Å². The normalized spacial score (nSPS) is 21.6. The summed E-state index contributed by atoms with van der Waals surface area (Å²) in [6.45, 7) is 1.62. The lowest BCUT2D eigenvalue weighted by atomic mass is 10.1. The maximum Gasteiger partial charge on any atom is 0.239 e. The molecule has 27 heavy (non-hydrogen) atoms. The number of halogens is 2. The van der Waals surface area contributed by atoms with Crippen LogP contribution in [0.25, 0.3) is 0 Å². The van der Waals surface area contributed by atoms with Crippen molar-refractivity contribution in [2.75, 3.05) is 29.9 Å². The molecule has 1 saturated heterocycles. The zero-order valence-electron chi connectivity index (χ0n) is 14.4. The number of aromatic nitrogens is 1. The molecule has 1 aromatic carbocycles. The largest absolute Gasteiger partial charge is 0.353 e. The Morgan fingerprint density at radius 1 is 1.26 bits per heavy atom. The van der Waals surface area contributed by atoms with Gasteiger partial charge >= 0.3 is 0 Å². The van der Waals surface area contributed by atoms with Crippen LogP contribution in [0.2, 0.25) is 10.0 Å². The number of benzene rings is 1. The van der Waals surface area contributed by atoms with E-state index in [1.54, 1.807) is 18.3 Å². The molecular formula is C19H18Cl2N4O2. The molecule has 1 aliphatic heterocycles. The maximum absolute atomic E-state index is 12.5. The average Bonchev–Trinajstić information content (AvgIpc) is 3.45. The average molecular weight is 405 g/mol. The Kier molecular flexibility index (Phi) is 4.93. The highest BCUT2D eigenvalue weighted by Gasteiger charge is 2.45. The number of carbonyl (C=O) groups is 2. The molecule has 0 radical (unpaired) electrons. The summed E-state index contributed by atoms with van der Waals surface area (Å²) in [7, 11) is 0. The van der Waals surface area contributed by atoms with Crippen LogP contribution in [-0.4, -0.2) is 36.4 Å². The quantitative estimate of drug-likeness (QED) is 0.820. The highest BCUT2D eigenvalue weighted by atomic mass is 35.5. The highest BCUT2D eigenvalue weighted by Crippen LogP contribution is 2.51. The number of hydrogen-bond acceptors (Lipinski definition) is 4. The Morgan fingerprint density at radius 3 is 2.85 bits per heavy atom. The van der Waals surface area contributed by atoms with E-state index in [0.717, 1.165) is 17.8 Å². The molecule has 2 amide bonds. The Balaban J connectivity index is 1.38. The van der Waals surface area contributed by atoms with Crippen molar-refractivity contribution in [3.05, 3.63) is 52.1 Å². The third-order valence-electron chi connectivity index (χ3n) is 4.89. The predicted octanol–water partition coefficient (Wildman–Crippen LogP) is 3.07. The molecule has 2 aliphatic rings. The van der Waals surface area contributed by atoms with E-state index in [2.05, 4.69) is 15.6 Å². The van der Waals surface area contributed by atoms with E-state index < -0.39 is 0 Å². The molecule has 140 valence electrons. The lowest BCUT2D eigenvalue weighted by Crippen LogP contribution is -2.48. The minimum atomic E-state index is -0.119. The van der Waals surface area contributed by atoms with E-state index >= 15 is 0 Å². The summed E-state index contributed by atoms with van der Waals surface area (Å²) in [6, 6.07) is 9.12. The molecule has 1 aromatic heterocycles. The lowest BCUT2D eigenvalue weighted by molar-refractivity contribution is -0.120. The Hall–Kier alpha value is -2.31. The molecule has 8 heteroatoms. The summed E-state index contributed by atoms with van der Waals surface area (Å²) in [5.41, 5.74) is 1.55. The van der Waals surface area contributed by atoms with Crippen molar-refractivity contribution in [3.8, 4) is 0 Å². The van der Waals surface area contributed by atoms with E-state index in [0.29, 0.717) is 35.4 Å². The number of carbonyl (C=O) groups excluding carboxylic acids is 2. The van der Waals surface area contributed by atoms with E-state index in [1.807, 2.05) is 23.1 Å². The summed E-state index contributed by atoms with van der Waals surface area (Å²) >= 11 is 12.3. The van der Waals surface area contributed by atoms with Gasteiger partial charge in [0.05, 0.1) is 28.5 Å². The van der Waals surface area contributed by atoms with Crippen LogP contribution in [0.4, 0.5) is 11.5 Å². The van der Waals surface area contributed by atoms with Crippen LogP contribution < -0.4 is 15.5 Å². The second kappa shape index (κ2) is 7.37. The minimum absolute atomic E-state index is 0.0140. The van der Waals surface area contributed by atoms with Gasteiger partial charge in [0, 0.05) is 19.0 Å². The summed E-state index contributed by atoms with van der Waals surface area (Å²) in [4.78, 5) is 30.3. The first-order valence-electron chi connectivity index (χ1n) is 8.75. The van der Waals surface area contributed by atoms with Gasteiger partial charge in [0.25, 0.3) is 0 Å². The number of amides is 2. The number of pyridine rings is 1. The van der Waals surface area contributed by atoms with Crippen LogP contribution in [0.1, 0.15) is 17.9 Å². The summed E-state index contributed by atoms with van der Waals surface area (Å²) in [6.07, 6.45) is 2.36. The topological polar surface area (TPSA) is 74.3 Å². The van der Waals surface area contributed by atoms with Gasteiger partial charge < -0.3 is 15.5 Å². The fraction of sp³-hybridized carbons (Fsp3) is 0.316. The van der Waals surface area contributed by atoms with E-state index in [-0.39, 0.29) is 23.7 Å². The molecular weight excluding hydrogens is 387 g/mol. The van der Waals surface area contributed by atoms with Crippen molar-refractivity contribution in [2.45, 2.75) is 12.3 Å². The molecule has 2 aromatic rings. The second-order valence-corrected chi connectivity index (χ2v) is 7.54. The summed E-state index contributed by atoms with van der Waals surface area (Å²) < 4.78 is 0. The van der Waals surface area contributed by atoms with Crippen molar-refractivity contribution in [2.24, 2.45) is 5.92 Å². The van der Waals surface area contributed by atoms with Gasteiger partial charge in [-0.3, -0.25) is 9.59 Å². The molecule has 1 saturated carbocycles. The Labute approximate surface area is 166 Å². The number of nitrogens with zero attached hydrogens (tertiary/aromatic N) is 2. The Morgan fingerprint density at radius 2 is 2.11 bits per heavy atom. The molecule has 0 bridgehead atoms. The SMILES string of the molecule is O=C1CN(c2ccc(NC(=O)[C@@H]3C[C@@H]3c3cccc(Cl)c3Cl)cn2)CCN1. The van der Waals surface area contributed by atoms with E-state index in [9.17, 15) is 9.59 Å². The molecule has 1 aliphatic carbocycles. The van der Waals surface area contributed by atoms with Crippen molar-refractivity contribution < 1.29 is 9.59 Å². The number of piperazine rings is 1. The summed E-state index contributed by atoms with van der Waals surface area (Å²) in [5, 5.41) is 6.71. The minimum Gasteiger partial charge on any atom is -0.353 e. The third kappa shape index (κ3) is 3.87. The lowest BCUT2D eigenvalue weighted by Gasteiger charge is -2.27. The van der Waals surface area contributed by atoms with Gasteiger partial charge in [-0.15, -0.1) is 0 Å².